The van der Waals surface area contributed by atoms with Crippen LogP contribution in [0, 0.1) is 19.7 Å². The number of benzene rings is 1. The molecule has 0 atom stereocenters. The van der Waals surface area contributed by atoms with Gasteiger partial charge in [-0.15, -0.1) is 0 Å². The SMILES string of the molecule is Cc1cc(F)c(Br)cc1NS(=O)(=O)c1n[nH]c(C)c1CN. The van der Waals surface area contributed by atoms with Crippen LogP contribution in [0.5, 0.6) is 0 Å². The maximum Gasteiger partial charge on any atom is 0.281 e. The molecule has 9 heteroatoms. The molecule has 0 aliphatic carbocycles. The third kappa shape index (κ3) is 3.09. The van der Waals surface area contributed by atoms with Gasteiger partial charge < -0.3 is 5.73 Å². The van der Waals surface area contributed by atoms with Crippen LogP contribution in [-0.4, -0.2) is 18.6 Å². The Morgan fingerprint density at radius 2 is 2.10 bits per heavy atom. The number of anilines is 1. The molecule has 114 valence electrons. The van der Waals surface area contributed by atoms with Gasteiger partial charge in [0, 0.05) is 17.8 Å². The van der Waals surface area contributed by atoms with E-state index in [0.717, 1.165) is 0 Å². The van der Waals surface area contributed by atoms with E-state index in [4.69, 9.17) is 5.73 Å². The quantitative estimate of drug-likeness (QED) is 0.760. The van der Waals surface area contributed by atoms with Gasteiger partial charge in [-0.25, -0.2) is 4.39 Å². The van der Waals surface area contributed by atoms with Crippen molar-refractivity contribution >= 4 is 31.6 Å². The second-order valence-corrected chi connectivity index (χ2v) is 6.98. The lowest BCUT2D eigenvalue weighted by atomic mass is 10.2. The van der Waals surface area contributed by atoms with Gasteiger partial charge in [0.05, 0.1) is 10.2 Å². The molecule has 1 aromatic carbocycles. The number of halogens is 2. The largest absolute Gasteiger partial charge is 0.326 e. The molecule has 0 unspecified atom stereocenters. The summed E-state index contributed by atoms with van der Waals surface area (Å²) in [5.74, 6) is -0.464. The van der Waals surface area contributed by atoms with Crippen LogP contribution in [0.2, 0.25) is 0 Å². The highest BCUT2D eigenvalue weighted by Gasteiger charge is 2.24. The molecule has 1 aromatic heterocycles. The van der Waals surface area contributed by atoms with Crippen molar-refractivity contribution in [2.45, 2.75) is 25.4 Å². The predicted molar refractivity (Wildman–Crippen MR) is 80.9 cm³/mol. The second kappa shape index (κ2) is 5.74. The average Bonchev–Trinajstić information content (AvgIpc) is 2.77. The van der Waals surface area contributed by atoms with Crippen LogP contribution in [0.25, 0.3) is 0 Å². The van der Waals surface area contributed by atoms with Gasteiger partial charge in [0.15, 0.2) is 0 Å². The van der Waals surface area contributed by atoms with Gasteiger partial charge >= 0.3 is 0 Å². The van der Waals surface area contributed by atoms with Crippen molar-refractivity contribution < 1.29 is 12.8 Å². The Morgan fingerprint density at radius 1 is 1.43 bits per heavy atom. The van der Waals surface area contributed by atoms with Crippen molar-refractivity contribution in [1.29, 1.82) is 0 Å². The molecular formula is C12H14BrFN4O2S. The van der Waals surface area contributed by atoms with Gasteiger partial charge in [-0.05, 0) is 47.5 Å². The fourth-order valence-corrected chi connectivity index (χ4v) is 3.52. The molecule has 0 radical (unpaired) electrons. The number of hydrogen-bond donors (Lipinski definition) is 3. The number of H-pyrrole nitrogens is 1. The summed E-state index contributed by atoms with van der Waals surface area (Å²) in [6, 6.07) is 2.60. The third-order valence-corrected chi connectivity index (χ3v) is 4.95. The Morgan fingerprint density at radius 3 is 2.71 bits per heavy atom. The molecule has 0 saturated heterocycles. The van der Waals surface area contributed by atoms with Crippen LogP contribution in [0.15, 0.2) is 21.6 Å². The first-order valence-corrected chi connectivity index (χ1v) is 8.26. The van der Waals surface area contributed by atoms with E-state index in [2.05, 4.69) is 30.8 Å². The standard InChI is InChI=1S/C12H14BrFN4O2S/c1-6-3-10(14)9(13)4-11(6)18-21(19,20)12-8(5-15)7(2)16-17-12/h3-4,18H,5,15H2,1-2H3,(H,16,17). The van der Waals surface area contributed by atoms with Crippen molar-refractivity contribution in [2.75, 3.05) is 4.72 Å². The van der Waals surface area contributed by atoms with E-state index >= 15 is 0 Å². The molecule has 0 saturated carbocycles. The fourth-order valence-electron chi connectivity index (χ4n) is 1.84. The summed E-state index contributed by atoms with van der Waals surface area (Å²) in [7, 11) is -3.90. The minimum atomic E-state index is -3.90. The number of hydrogen-bond acceptors (Lipinski definition) is 4. The van der Waals surface area contributed by atoms with E-state index in [1.807, 2.05) is 0 Å². The van der Waals surface area contributed by atoms with Gasteiger partial charge in [-0.1, -0.05) is 0 Å². The molecule has 2 rings (SSSR count). The van der Waals surface area contributed by atoms with E-state index in [1.54, 1.807) is 13.8 Å². The van der Waals surface area contributed by atoms with Gasteiger partial charge in [-0.2, -0.15) is 13.5 Å². The number of nitrogens with two attached hydrogens (primary N) is 1. The van der Waals surface area contributed by atoms with Crippen LogP contribution in [-0.2, 0) is 16.6 Å². The number of sulfonamides is 1. The second-order valence-electron chi connectivity index (χ2n) is 4.52. The summed E-state index contributed by atoms with van der Waals surface area (Å²) < 4.78 is 40.7. The van der Waals surface area contributed by atoms with E-state index in [-0.39, 0.29) is 21.7 Å². The first-order valence-electron chi connectivity index (χ1n) is 5.98. The van der Waals surface area contributed by atoms with Crippen molar-refractivity contribution in [2.24, 2.45) is 5.73 Å². The molecule has 0 amide bonds. The van der Waals surface area contributed by atoms with Crippen molar-refractivity contribution in [3.8, 4) is 0 Å². The normalized spacial score (nSPS) is 11.7. The van der Waals surface area contributed by atoms with Crippen LogP contribution in [0.3, 0.4) is 0 Å². The number of nitrogens with one attached hydrogen (secondary N) is 2. The van der Waals surface area contributed by atoms with Crippen LogP contribution in [0.1, 0.15) is 16.8 Å². The Balaban J connectivity index is 2.45. The zero-order valence-corrected chi connectivity index (χ0v) is 13.8. The average molecular weight is 377 g/mol. The lowest BCUT2D eigenvalue weighted by Gasteiger charge is -2.11. The zero-order chi connectivity index (χ0) is 15.8. The molecule has 0 spiro atoms. The summed E-state index contributed by atoms with van der Waals surface area (Å²) in [6.07, 6.45) is 0. The minimum absolute atomic E-state index is 0.0463. The summed E-state index contributed by atoms with van der Waals surface area (Å²) in [4.78, 5) is 0. The molecule has 0 aliphatic rings. The highest BCUT2D eigenvalue weighted by molar-refractivity contribution is 9.10. The van der Waals surface area contributed by atoms with Gasteiger partial charge in [-0.3, -0.25) is 9.82 Å². The zero-order valence-electron chi connectivity index (χ0n) is 11.4. The van der Waals surface area contributed by atoms with E-state index < -0.39 is 15.8 Å². The molecule has 0 bridgehead atoms. The number of aromatic nitrogens is 2. The van der Waals surface area contributed by atoms with E-state index in [9.17, 15) is 12.8 Å². The maximum atomic E-state index is 13.4. The monoisotopic (exact) mass is 376 g/mol. The summed E-state index contributed by atoms with van der Waals surface area (Å²) in [5.41, 5.74) is 7.29. The molecule has 0 fully saturated rings. The first kappa shape index (κ1) is 15.9. The lowest BCUT2D eigenvalue weighted by molar-refractivity contribution is 0.595. The topological polar surface area (TPSA) is 101 Å². The van der Waals surface area contributed by atoms with Gasteiger partial charge in [0.2, 0.25) is 5.03 Å². The van der Waals surface area contributed by atoms with Crippen LogP contribution in [0.4, 0.5) is 10.1 Å². The van der Waals surface area contributed by atoms with Crippen LogP contribution >= 0.6 is 15.9 Å². The lowest BCUT2D eigenvalue weighted by Crippen LogP contribution is -2.17. The van der Waals surface area contributed by atoms with Gasteiger partial charge in [0.25, 0.3) is 10.0 Å². The highest BCUT2D eigenvalue weighted by atomic mass is 79.9. The molecule has 21 heavy (non-hydrogen) atoms. The van der Waals surface area contributed by atoms with Crippen LogP contribution < -0.4 is 10.5 Å². The number of nitrogens with zero attached hydrogens (tertiary/aromatic N) is 1. The molecule has 6 nitrogen and oxygen atoms in total. The van der Waals surface area contributed by atoms with Crippen molar-refractivity contribution in [1.82, 2.24) is 10.2 Å². The third-order valence-electron chi connectivity index (χ3n) is 3.01. The molecule has 4 N–H and O–H groups in total. The summed E-state index contributed by atoms with van der Waals surface area (Å²) >= 11 is 3.02. The Bertz CT molecular complexity index is 789. The Kier molecular flexibility index (Phi) is 4.35. The maximum absolute atomic E-state index is 13.4. The predicted octanol–water partition coefficient (Wildman–Crippen LogP) is 2.19. The molecule has 2 aromatic rings. The highest BCUT2D eigenvalue weighted by Crippen LogP contribution is 2.27. The number of aryl methyl sites for hydroxylation is 2. The molecular weight excluding hydrogens is 363 g/mol. The minimum Gasteiger partial charge on any atom is -0.326 e. The Hall–Kier alpha value is -1.45. The van der Waals surface area contributed by atoms with Gasteiger partial charge in [0.1, 0.15) is 5.82 Å². The van der Waals surface area contributed by atoms with E-state index in [0.29, 0.717) is 16.8 Å². The fraction of sp³-hybridized carbons (Fsp3) is 0.250. The van der Waals surface area contributed by atoms with E-state index in [1.165, 1.54) is 12.1 Å². The van der Waals surface area contributed by atoms with Crippen molar-refractivity contribution in [3.05, 3.63) is 39.2 Å². The van der Waals surface area contributed by atoms with Crippen molar-refractivity contribution in [3.63, 3.8) is 0 Å². The molecule has 1 heterocycles. The Labute approximate surface area is 130 Å². The first-order chi connectivity index (χ1) is 9.76. The molecule has 0 aliphatic heterocycles. The number of rotatable bonds is 4. The number of aromatic amines is 1. The summed E-state index contributed by atoms with van der Waals surface area (Å²) in [5, 5.41) is 6.23. The smallest absolute Gasteiger partial charge is 0.281 e. The summed E-state index contributed by atoms with van der Waals surface area (Å²) in [6.45, 7) is 3.34.